The Balaban J connectivity index is 2.36. The number of aryl methyl sites for hydroxylation is 2. The Hall–Kier alpha value is -0.940. The van der Waals surface area contributed by atoms with Gasteiger partial charge in [-0.15, -0.1) is 0 Å². The third-order valence-electron chi connectivity index (χ3n) is 3.06. The van der Waals surface area contributed by atoms with E-state index in [9.17, 15) is 9.59 Å². The number of hydrogen-bond acceptors (Lipinski definition) is 4. The monoisotopic (exact) mass is 370 g/mol. The summed E-state index contributed by atoms with van der Waals surface area (Å²) >= 11 is 11.3. The fraction of sp³-hybridized carbons (Fsp3) is 0.125. The van der Waals surface area contributed by atoms with Crippen LogP contribution in [0.15, 0.2) is 46.2 Å². The Bertz CT molecular complexity index is 681. The van der Waals surface area contributed by atoms with Gasteiger partial charge in [0, 0.05) is 20.9 Å². The summed E-state index contributed by atoms with van der Waals surface area (Å²) in [6.07, 6.45) is 0. The summed E-state index contributed by atoms with van der Waals surface area (Å²) in [5, 5.41) is -0.990. The molecular formula is C16H12Cl2O2S2. The highest BCUT2D eigenvalue weighted by Gasteiger charge is 2.16. The molecule has 0 aliphatic heterocycles. The number of hydrogen-bond donors (Lipinski definition) is 0. The number of carbonyl (C=O) groups is 2. The molecule has 2 aromatic rings. The molecule has 0 aromatic heterocycles. The molecule has 114 valence electrons. The van der Waals surface area contributed by atoms with E-state index in [2.05, 4.69) is 0 Å². The highest BCUT2D eigenvalue weighted by Crippen LogP contribution is 2.43. The van der Waals surface area contributed by atoms with Crippen molar-refractivity contribution in [3.05, 3.63) is 58.7 Å². The van der Waals surface area contributed by atoms with E-state index in [0.717, 1.165) is 20.9 Å². The van der Waals surface area contributed by atoms with E-state index >= 15 is 0 Å². The van der Waals surface area contributed by atoms with Crippen molar-refractivity contribution in [2.75, 3.05) is 0 Å². The lowest BCUT2D eigenvalue weighted by atomic mass is 10.1. The fourth-order valence-electron chi connectivity index (χ4n) is 1.92. The van der Waals surface area contributed by atoms with E-state index in [1.165, 1.54) is 21.6 Å². The van der Waals surface area contributed by atoms with Gasteiger partial charge in [-0.2, -0.15) is 0 Å². The van der Waals surface area contributed by atoms with Crippen molar-refractivity contribution in [3.63, 3.8) is 0 Å². The normalized spacial score (nSPS) is 10.5. The topological polar surface area (TPSA) is 34.1 Å². The minimum Gasteiger partial charge on any atom is -0.276 e. The zero-order valence-electron chi connectivity index (χ0n) is 11.9. The Kier molecular flexibility index (Phi) is 5.98. The first-order valence-corrected chi connectivity index (χ1v) is 9.25. The number of benzene rings is 2. The Morgan fingerprint density at radius 2 is 1.14 bits per heavy atom. The molecule has 0 aliphatic rings. The molecule has 2 nitrogen and oxygen atoms in total. The Morgan fingerprint density at radius 1 is 0.773 bits per heavy atom. The van der Waals surface area contributed by atoms with Crippen LogP contribution in [0, 0.1) is 13.8 Å². The standard InChI is InChI=1S/C16H12Cl2O2S2/c1-9-5-3-7-11(15(17)19)13(9)21-22-14-10(2)6-4-8-12(14)16(18)20/h3-8H,1-2H3. The van der Waals surface area contributed by atoms with Crippen molar-refractivity contribution in [2.24, 2.45) is 0 Å². The Labute approximate surface area is 147 Å². The molecule has 0 saturated carbocycles. The van der Waals surface area contributed by atoms with Gasteiger partial charge >= 0.3 is 0 Å². The van der Waals surface area contributed by atoms with E-state index < -0.39 is 10.5 Å². The highest BCUT2D eigenvalue weighted by atomic mass is 35.5. The molecule has 2 rings (SSSR count). The molecule has 0 unspecified atom stereocenters. The van der Waals surface area contributed by atoms with Crippen molar-refractivity contribution in [1.29, 1.82) is 0 Å². The van der Waals surface area contributed by atoms with E-state index in [1.54, 1.807) is 24.3 Å². The van der Waals surface area contributed by atoms with Crippen LogP contribution in [0.25, 0.3) is 0 Å². The zero-order chi connectivity index (χ0) is 16.3. The van der Waals surface area contributed by atoms with Crippen LogP contribution in [0.2, 0.25) is 0 Å². The van der Waals surface area contributed by atoms with E-state index in [1.807, 2.05) is 26.0 Å². The summed E-state index contributed by atoms with van der Waals surface area (Å²) in [5.41, 5.74) is 2.84. The predicted molar refractivity (Wildman–Crippen MR) is 94.4 cm³/mol. The molecule has 22 heavy (non-hydrogen) atoms. The van der Waals surface area contributed by atoms with Crippen LogP contribution >= 0.6 is 44.8 Å². The van der Waals surface area contributed by atoms with Crippen LogP contribution in [0.1, 0.15) is 31.8 Å². The molecule has 0 atom stereocenters. The summed E-state index contributed by atoms with van der Waals surface area (Å²) in [5.74, 6) is 0. The molecule has 0 bridgehead atoms. The van der Waals surface area contributed by atoms with Crippen LogP contribution in [0.5, 0.6) is 0 Å². The van der Waals surface area contributed by atoms with Crippen LogP contribution in [-0.4, -0.2) is 10.5 Å². The highest BCUT2D eigenvalue weighted by molar-refractivity contribution is 8.76. The second kappa shape index (κ2) is 7.55. The van der Waals surface area contributed by atoms with Gasteiger partial charge in [-0.25, -0.2) is 0 Å². The summed E-state index contributed by atoms with van der Waals surface area (Å²) in [6.45, 7) is 3.83. The summed E-state index contributed by atoms with van der Waals surface area (Å²) < 4.78 is 0. The van der Waals surface area contributed by atoms with Crippen LogP contribution in [-0.2, 0) is 0 Å². The van der Waals surface area contributed by atoms with Crippen LogP contribution in [0.4, 0.5) is 0 Å². The molecule has 0 radical (unpaired) electrons. The molecule has 6 heteroatoms. The Morgan fingerprint density at radius 3 is 1.45 bits per heavy atom. The van der Waals surface area contributed by atoms with Gasteiger partial charge < -0.3 is 0 Å². The smallest absolute Gasteiger partial charge is 0.253 e. The van der Waals surface area contributed by atoms with Gasteiger partial charge in [0.05, 0.1) is 0 Å². The van der Waals surface area contributed by atoms with E-state index in [0.29, 0.717) is 11.1 Å². The first kappa shape index (κ1) is 17.4. The summed E-state index contributed by atoms with van der Waals surface area (Å²) in [7, 11) is 2.80. The third kappa shape index (κ3) is 3.87. The maximum Gasteiger partial charge on any atom is 0.253 e. The van der Waals surface area contributed by atoms with Crippen molar-refractivity contribution >= 4 is 55.3 Å². The lowest BCUT2D eigenvalue weighted by Gasteiger charge is -2.12. The molecule has 0 fully saturated rings. The SMILES string of the molecule is Cc1cccc(C(=O)Cl)c1SSc1c(C)cccc1C(=O)Cl. The second-order valence-corrected chi connectivity index (χ2v) is 7.45. The van der Waals surface area contributed by atoms with E-state index in [4.69, 9.17) is 23.2 Å². The maximum absolute atomic E-state index is 11.5. The van der Waals surface area contributed by atoms with Crippen molar-refractivity contribution in [1.82, 2.24) is 0 Å². The first-order valence-electron chi connectivity index (χ1n) is 6.35. The molecule has 0 spiro atoms. The number of carbonyl (C=O) groups excluding carboxylic acids is 2. The lowest BCUT2D eigenvalue weighted by molar-refractivity contribution is 0.107. The van der Waals surface area contributed by atoms with Gasteiger partial charge in [-0.3, -0.25) is 9.59 Å². The molecular weight excluding hydrogens is 359 g/mol. The van der Waals surface area contributed by atoms with Crippen molar-refractivity contribution in [2.45, 2.75) is 23.6 Å². The van der Waals surface area contributed by atoms with Gasteiger partial charge in [-0.05, 0) is 60.3 Å². The van der Waals surface area contributed by atoms with Crippen molar-refractivity contribution in [3.8, 4) is 0 Å². The zero-order valence-corrected chi connectivity index (χ0v) is 15.0. The average molecular weight is 371 g/mol. The lowest BCUT2D eigenvalue weighted by Crippen LogP contribution is -1.95. The molecule has 0 aliphatic carbocycles. The molecule has 0 heterocycles. The number of halogens is 2. The largest absolute Gasteiger partial charge is 0.276 e. The maximum atomic E-state index is 11.5. The third-order valence-corrected chi connectivity index (χ3v) is 6.21. The predicted octanol–water partition coefficient (Wildman–Crippen LogP) is 5.86. The molecule has 2 aromatic carbocycles. The van der Waals surface area contributed by atoms with Gasteiger partial charge in [0.15, 0.2) is 0 Å². The van der Waals surface area contributed by atoms with Crippen LogP contribution < -0.4 is 0 Å². The minimum atomic E-state index is -0.495. The van der Waals surface area contributed by atoms with Gasteiger partial charge in [0.25, 0.3) is 10.5 Å². The fourth-order valence-corrected chi connectivity index (χ4v) is 5.24. The first-order chi connectivity index (χ1) is 10.4. The van der Waals surface area contributed by atoms with E-state index in [-0.39, 0.29) is 0 Å². The summed E-state index contributed by atoms with van der Waals surface area (Å²) in [6, 6.07) is 10.8. The minimum absolute atomic E-state index is 0.464. The van der Waals surface area contributed by atoms with Gasteiger partial charge in [0.2, 0.25) is 0 Å². The molecule has 0 N–H and O–H groups in total. The quantitative estimate of drug-likeness (QED) is 0.487. The van der Waals surface area contributed by atoms with Crippen molar-refractivity contribution < 1.29 is 9.59 Å². The summed E-state index contributed by atoms with van der Waals surface area (Å²) in [4.78, 5) is 24.7. The average Bonchev–Trinajstić information content (AvgIpc) is 2.46. The van der Waals surface area contributed by atoms with Gasteiger partial charge in [0.1, 0.15) is 0 Å². The second-order valence-electron chi connectivity index (χ2n) is 4.62. The van der Waals surface area contributed by atoms with Crippen LogP contribution in [0.3, 0.4) is 0 Å². The number of rotatable bonds is 5. The molecule has 0 amide bonds. The molecule has 0 saturated heterocycles. The van der Waals surface area contributed by atoms with Gasteiger partial charge in [-0.1, -0.05) is 45.9 Å².